The van der Waals surface area contributed by atoms with E-state index in [9.17, 15) is 9.90 Å². The van der Waals surface area contributed by atoms with Crippen molar-refractivity contribution in [1.29, 1.82) is 0 Å². The summed E-state index contributed by atoms with van der Waals surface area (Å²) in [5.41, 5.74) is 1.83. The van der Waals surface area contributed by atoms with Crippen LogP contribution in [-0.2, 0) is 4.79 Å². The Hall–Kier alpha value is -2.30. The lowest BCUT2D eigenvalue weighted by Crippen LogP contribution is -1.86. The number of carboxylic acid groups (broad SMARTS) is 1. The van der Waals surface area contributed by atoms with Crippen molar-refractivity contribution in [2.45, 2.75) is 0 Å². The molecule has 0 atom stereocenters. The Balaban J connectivity index is 2.50. The molecule has 0 unspecified atom stereocenters. The number of phenols is 1. The summed E-state index contributed by atoms with van der Waals surface area (Å²) < 4.78 is 0. The maximum atomic E-state index is 10.3. The summed E-state index contributed by atoms with van der Waals surface area (Å²) in [4.78, 5) is 17.1. The van der Waals surface area contributed by atoms with E-state index in [0.29, 0.717) is 11.1 Å². The number of aromatic amines is 1. The molecule has 0 saturated carbocycles. The highest BCUT2D eigenvalue weighted by molar-refractivity contribution is 5.88. The summed E-state index contributed by atoms with van der Waals surface area (Å²) in [5, 5.41) is 18.0. The van der Waals surface area contributed by atoms with Gasteiger partial charge >= 0.3 is 5.97 Å². The number of aromatic hydroxyl groups is 1. The van der Waals surface area contributed by atoms with Crippen molar-refractivity contribution in [3.05, 3.63) is 30.1 Å². The summed E-state index contributed by atoms with van der Waals surface area (Å²) in [6.07, 6.45) is 3.81. The lowest BCUT2D eigenvalue weighted by Gasteiger charge is -1.98. The number of nitrogens with one attached hydrogen (secondary N) is 1. The summed E-state index contributed by atoms with van der Waals surface area (Å²) in [6.45, 7) is 0. The number of fused-ring (bicyclic) bond motifs is 1. The second-order valence-electron chi connectivity index (χ2n) is 3.00. The van der Waals surface area contributed by atoms with Crippen LogP contribution in [0.25, 0.3) is 17.1 Å². The highest BCUT2D eigenvalue weighted by Crippen LogP contribution is 2.23. The standard InChI is InChI=1S/C10H8N2O3/c13-9-4-8-7(11-5-12-8)3-6(9)1-2-10(14)15/h1-5,13H,(H,11,12)(H,14,15)/b2-1+. The topological polar surface area (TPSA) is 86.2 Å². The highest BCUT2D eigenvalue weighted by atomic mass is 16.4. The van der Waals surface area contributed by atoms with Gasteiger partial charge in [-0.05, 0) is 12.1 Å². The summed E-state index contributed by atoms with van der Waals surface area (Å²) in [7, 11) is 0. The molecular formula is C10H8N2O3. The number of nitrogens with zero attached hydrogens (tertiary/aromatic N) is 1. The Kier molecular flexibility index (Phi) is 2.13. The Morgan fingerprint density at radius 3 is 3.00 bits per heavy atom. The third-order valence-electron chi connectivity index (χ3n) is 1.97. The number of carboxylic acids is 1. The minimum Gasteiger partial charge on any atom is -0.507 e. The molecule has 2 rings (SSSR count). The maximum absolute atomic E-state index is 10.3. The average Bonchev–Trinajstić information content (AvgIpc) is 2.60. The first-order chi connectivity index (χ1) is 7.16. The molecule has 5 nitrogen and oxygen atoms in total. The fraction of sp³-hybridized carbons (Fsp3) is 0. The van der Waals surface area contributed by atoms with E-state index in [1.54, 1.807) is 6.07 Å². The van der Waals surface area contributed by atoms with Crippen LogP contribution in [0.1, 0.15) is 5.56 Å². The zero-order valence-corrected chi connectivity index (χ0v) is 7.64. The van der Waals surface area contributed by atoms with Crippen LogP contribution in [0.15, 0.2) is 24.5 Å². The van der Waals surface area contributed by atoms with E-state index in [4.69, 9.17) is 5.11 Å². The molecule has 2 aromatic rings. The van der Waals surface area contributed by atoms with Gasteiger partial charge in [-0.3, -0.25) is 0 Å². The third-order valence-corrected chi connectivity index (χ3v) is 1.97. The van der Waals surface area contributed by atoms with Crippen molar-refractivity contribution >= 4 is 23.1 Å². The Morgan fingerprint density at radius 1 is 1.47 bits per heavy atom. The fourth-order valence-electron chi connectivity index (χ4n) is 1.28. The van der Waals surface area contributed by atoms with E-state index in [1.807, 2.05) is 0 Å². The molecule has 0 aliphatic carbocycles. The van der Waals surface area contributed by atoms with E-state index < -0.39 is 5.97 Å². The largest absolute Gasteiger partial charge is 0.507 e. The van der Waals surface area contributed by atoms with Crippen molar-refractivity contribution in [3.63, 3.8) is 0 Å². The lowest BCUT2D eigenvalue weighted by molar-refractivity contribution is -0.131. The Bertz CT molecular complexity index is 543. The number of hydrogen-bond donors (Lipinski definition) is 3. The first-order valence-electron chi connectivity index (χ1n) is 4.24. The number of benzene rings is 1. The first-order valence-corrected chi connectivity index (χ1v) is 4.24. The summed E-state index contributed by atoms with van der Waals surface area (Å²) >= 11 is 0. The van der Waals surface area contributed by atoms with Gasteiger partial charge in [0.05, 0.1) is 17.4 Å². The number of rotatable bonds is 2. The number of phenolic OH excluding ortho intramolecular Hbond substituents is 1. The average molecular weight is 204 g/mol. The third kappa shape index (κ3) is 1.80. The predicted octanol–water partition coefficient (Wildman–Crippen LogP) is 1.37. The van der Waals surface area contributed by atoms with Crippen molar-refractivity contribution in [2.75, 3.05) is 0 Å². The number of carbonyl (C=O) groups is 1. The molecule has 0 radical (unpaired) electrons. The molecule has 3 N–H and O–H groups in total. The molecule has 1 aromatic carbocycles. The number of aromatic nitrogens is 2. The normalized spacial score (nSPS) is 11.2. The van der Waals surface area contributed by atoms with Crippen molar-refractivity contribution in [2.24, 2.45) is 0 Å². The molecule has 0 fully saturated rings. The minimum atomic E-state index is -1.06. The SMILES string of the molecule is O=C(O)/C=C/c1cc2[nH]cnc2cc1O. The van der Waals surface area contributed by atoms with Crippen LogP contribution >= 0.6 is 0 Å². The van der Waals surface area contributed by atoms with Crippen molar-refractivity contribution < 1.29 is 15.0 Å². The zero-order chi connectivity index (χ0) is 10.8. The quantitative estimate of drug-likeness (QED) is 0.645. The van der Waals surface area contributed by atoms with E-state index >= 15 is 0 Å². The van der Waals surface area contributed by atoms with Crippen LogP contribution in [-0.4, -0.2) is 26.2 Å². The molecule has 76 valence electrons. The maximum Gasteiger partial charge on any atom is 0.328 e. The fourth-order valence-corrected chi connectivity index (χ4v) is 1.28. The molecule has 1 aromatic heterocycles. The van der Waals surface area contributed by atoms with Gasteiger partial charge in [0.2, 0.25) is 0 Å². The lowest BCUT2D eigenvalue weighted by atomic mass is 10.1. The van der Waals surface area contributed by atoms with Gasteiger partial charge in [-0.1, -0.05) is 0 Å². The van der Waals surface area contributed by atoms with Crippen LogP contribution in [0, 0.1) is 0 Å². The van der Waals surface area contributed by atoms with Crippen LogP contribution in [0.4, 0.5) is 0 Å². The van der Waals surface area contributed by atoms with E-state index in [1.165, 1.54) is 18.5 Å². The number of hydrogen-bond acceptors (Lipinski definition) is 3. The Labute approximate surface area is 84.7 Å². The second kappa shape index (κ2) is 3.45. The van der Waals surface area contributed by atoms with Crippen molar-refractivity contribution in [3.8, 4) is 5.75 Å². The van der Waals surface area contributed by atoms with Crippen molar-refractivity contribution in [1.82, 2.24) is 9.97 Å². The predicted molar refractivity (Wildman–Crippen MR) is 54.4 cm³/mol. The minimum absolute atomic E-state index is 0.00657. The van der Waals surface area contributed by atoms with Gasteiger partial charge in [-0.25, -0.2) is 9.78 Å². The van der Waals surface area contributed by atoms with Crippen LogP contribution in [0.5, 0.6) is 5.75 Å². The molecule has 5 heteroatoms. The highest BCUT2D eigenvalue weighted by Gasteiger charge is 2.03. The zero-order valence-electron chi connectivity index (χ0n) is 7.64. The van der Waals surface area contributed by atoms with E-state index in [-0.39, 0.29) is 5.75 Å². The molecule has 0 saturated heterocycles. The van der Waals surface area contributed by atoms with Gasteiger partial charge in [-0.15, -0.1) is 0 Å². The van der Waals surface area contributed by atoms with Crippen LogP contribution in [0.3, 0.4) is 0 Å². The molecular weight excluding hydrogens is 196 g/mol. The van der Waals surface area contributed by atoms with Gasteiger partial charge in [0, 0.05) is 17.7 Å². The summed E-state index contributed by atoms with van der Waals surface area (Å²) in [6, 6.07) is 3.12. The summed E-state index contributed by atoms with van der Waals surface area (Å²) in [5.74, 6) is -1.05. The molecule has 15 heavy (non-hydrogen) atoms. The van der Waals surface area contributed by atoms with E-state index in [0.717, 1.165) is 11.6 Å². The molecule has 0 spiro atoms. The van der Waals surface area contributed by atoms with Gasteiger partial charge in [-0.2, -0.15) is 0 Å². The molecule has 0 bridgehead atoms. The van der Waals surface area contributed by atoms with Gasteiger partial charge in [0.1, 0.15) is 5.75 Å². The number of aliphatic carboxylic acids is 1. The van der Waals surface area contributed by atoms with E-state index in [2.05, 4.69) is 9.97 Å². The first kappa shape index (κ1) is 9.26. The van der Waals surface area contributed by atoms with Crippen LogP contribution in [0.2, 0.25) is 0 Å². The molecule has 0 aliphatic heterocycles. The molecule has 0 aliphatic rings. The van der Waals surface area contributed by atoms with Gasteiger partial charge in [0.25, 0.3) is 0 Å². The monoisotopic (exact) mass is 204 g/mol. The Morgan fingerprint density at radius 2 is 2.27 bits per heavy atom. The van der Waals surface area contributed by atoms with Crippen LogP contribution < -0.4 is 0 Å². The van der Waals surface area contributed by atoms with Gasteiger partial charge < -0.3 is 15.2 Å². The van der Waals surface area contributed by atoms with Gasteiger partial charge in [0.15, 0.2) is 0 Å². The number of H-pyrrole nitrogens is 1. The second-order valence-corrected chi connectivity index (χ2v) is 3.00. The number of imidazole rings is 1. The molecule has 1 heterocycles. The smallest absolute Gasteiger partial charge is 0.328 e. The molecule has 0 amide bonds.